The first-order chi connectivity index (χ1) is 8.74. The lowest BCUT2D eigenvalue weighted by atomic mass is 10.1. The monoisotopic (exact) mass is 258 g/mol. The summed E-state index contributed by atoms with van der Waals surface area (Å²) in [6.07, 6.45) is 1.98. The van der Waals surface area contributed by atoms with Crippen molar-refractivity contribution in [3.05, 3.63) is 0 Å². The molecule has 0 bridgehead atoms. The molecule has 2 heterocycles. The van der Waals surface area contributed by atoms with Crippen LogP contribution in [0.5, 0.6) is 0 Å². The van der Waals surface area contributed by atoms with E-state index >= 15 is 0 Å². The number of ether oxygens (including phenoxy) is 4. The SMILES string of the molecule is CCC1CCOC(C(=O)C2OCCC(CC)O2)O1. The van der Waals surface area contributed by atoms with Crippen molar-refractivity contribution in [2.24, 2.45) is 0 Å². The summed E-state index contributed by atoms with van der Waals surface area (Å²) < 4.78 is 21.9. The number of rotatable bonds is 4. The molecule has 5 nitrogen and oxygen atoms in total. The van der Waals surface area contributed by atoms with Gasteiger partial charge >= 0.3 is 0 Å². The molecule has 0 aromatic heterocycles. The molecule has 0 aromatic carbocycles. The standard InChI is InChI=1S/C13H22O5/c1-3-9-5-7-15-12(17-9)11(14)13-16-8-6-10(4-2)18-13/h9-10,12-13H,3-8H2,1-2H3. The van der Waals surface area contributed by atoms with Crippen LogP contribution >= 0.6 is 0 Å². The van der Waals surface area contributed by atoms with Crippen molar-refractivity contribution in [1.82, 2.24) is 0 Å². The van der Waals surface area contributed by atoms with Gasteiger partial charge in [-0.25, -0.2) is 0 Å². The largest absolute Gasteiger partial charge is 0.346 e. The first-order valence-electron chi connectivity index (χ1n) is 6.82. The summed E-state index contributed by atoms with van der Waals surface area (Å²) in [5.41, 5.74) is 0. The van der Waals surface area contributed by atoms with Gasteiger partial charge in [0, 0.05) is 0 Å². The van der Waals surface area contributed by atoms with E-state index in [0.717, 1.165) is 25.7 Å². The normalized spacial score (nSPS) is 37.4. The molecule has 0 aromatic rings. The fourth-order valence-corrected chi connectivity index (χ4v) is 2.19. The number of hydrogen-bond acceptors (Lipinski definition) is 5. The van der Waals surface area contributed by atoms with Crippen LogP contribution < -0.4 is 0 Å². The summed E-state index contributed by atoms with van der Waals surface area (Å²) in [4.78, 5) is 12.2. The molecule has 0 amide bonds. The molecule has 2 aliphatic rings. The molecular formula is C13H22O5. The Morgan fingerprint density at radius 1 is 0.944 bits per heavy atom. The van der Waals surface area contributed by atoms with Crippen LogP contribution in [0.25, 0.3) is 0 Å². The third kappa shape index (κ3) is 3.29. The predicted octanol–water partition coefficient (Wildman–Crippen LogP) is 1.64. The van der Waals surface area contributed by atoms with Crippen LogP contribution in [0.15, 0.2) is 0 Å². The lowest BCUT2D eigenvalue weighted by Crippen LogP contribution is -2.47. The molecule has 0 N–H and O–H groups in total. The molecule has 18 heavy (non-hydrogen) atoms. The highest BCUT2D eigenvalue weighted by Gasteiger charge is 2.37. The van der Waals surface area contributed by atoms with E-state index in [1.165, 1.54) is 0 Å². The summed E-state index contributed by atoms with van der Waals surface area (Å²) in [6.45, 7) is 5.19. The zero-order chi connectivity index (χ0) is 13.0. The van der Waals surface area contributed by atoms with Gasteiger partial charge in [0.25, 0.3) is 0 Å². The van der Waals surface area contributed by atoms with Crippen molar-refractivity contribution in [3.63, 3.8) is 0 Å². The quantitative estimate of drug-likeness (QED) is 0.767. The summed E-state index contributed by atoms with van der Waals surface area (Å²) in [6, 6.07) is 0. The highest BCUT2D eigenvalue weighted by molar-refractivity contribution is 5.85. The molecule has 0 aliphatic carbocycles. The van der Waals surface area contributed by atoms with E-state index < -0.39 is 12.6 Å². The maximum atomic E-state index is 12.2. The van der Waals surface area contributed by atoms with E-state index in [0.29, 0.717) is 13.2 Å². The van der Waals surface area contributed by atoms with Crippen LogP contribution in [0.2, 0.25) is 0 Å². The zero-order valence-electron chi connectivity index (χ0n) is 11.1. The highest BCUT2D eigenvalue weighted by atomic mass is 16.7. The summed E-state index contributed by atoms with van der Waals surface area (Å²) >= 11 is 0. The Bertz CT molecular complexity index is 255. The Labute approximate surface area is 108 Å². The Hall–Kier alpha value is -0.490. The second-order valence-electron chi connectivity index (χ2n) is 4.72. The maximum Gasteiger partial charge on any atom is 0.244 e. The summed E-state index contributed by atoms with van der Waals surface area (Å²) in [5.74, 6) is -0.244. The summed E-state index contributed by atoms with van der Waals surface area (Å²) in [7, 11) is 0. The lowest BCUT2D eigenvalue weighted by Gasteiger charge is -2.33. The third-order valence-corrected chi connectivity index (χ3v) is 3.43. The van der Waals surface area contributed by atoms with E-state index in [1.54, 1.807) is 0 Å². The number of ketones is 1. The summed E-state index contributed by atoms with van der Waals surface area (Å²) in [5, 5.41) is 0. The van der Waals surface area contributed by atoms with Crippen molar-refractivity contribution < 1.29 is 23.7 Å². The number of Topliss-reactive ketones (excluding diaryl/α,β-unsaturated/α-hetero) is 1. The Morgan fingerprint density at radius 2 is 1.39 bits per heavy atom. The number of carbonyl (C=O) groups is 1. The fraction of sp³-hybridized carbons (Fsp3) is 0.923. The van der Waals surface area contributed by atoms with E-state index in [2.05, 4.69) is 0 Å². The Kier molecular flexibility index (Phi) is 5.12. The van der Waals surface area contributed by atoms with Gasteiger partial charge in [-0.3, -0.25) is 4.79 Å². The topological polar surface area (TPSA) is 54.0 Å². The molecule has 2 aliphatic heterocycles. The lowest BCUT2D eigenvalue weighted by molar-refractivity contribution is -0.250. The molecule has 5 heteroatoms. The van der Waals surface area contributed by atoms with Crippen LogP contribution in [0.3, 0.4) is 0 Å². The van der Waals surface area contributed by atoms with Gasteiger partial charge in [0.15, 0.2) is 0 Å². The molecule has 104 valence electrons. The average molecular weight is 258 g/mol. The van der Waals surface area contributed by atoms with E-state index in [1.807, 2.05) is 13.8 Å². The minimum Gasteiger partial charge on any atom is -0.346 e. The highest BCUT2D eigenvalue weighted by Crippen LogP contribution is 2.21. The van der Waals surface area contributed by atoms with Crippen molar-refractivity contribution in [2.75, 3.05) is 13.2 Å². The van der Waals surface area contributed by atoms with Gasteiger partial charge in [-0.15, -0.1) is 0 Å². The van der Waals surface area contributed by atoms with Crippen LogP contribution in [0, 0.1) is 0 Å². The van der Waals surface area contributed by atoms with Gasteiger partial charge in [-0.05, 0) is 25.7 Å². The smallest absolute Gasteiger partial charge is 0.244 e. The third-order valence-electron chi connectivity index (χ3n) is 3.43. The zero-order valence-corrected chi connectivity index (χ0v) is 11.1. The average Bonchev–Trinajstić information content (AvgIpc) is 2.46. The molecular weight excluding hydrogens is 236 g/mol. The van der Waals surface area contributed by atoms with E-state index in [-0.39, 0.29) is 18.0 Å². The van der Waals surface area contributed by atoms with Crippen molar-refractivity contribution in [1.29, 1.82) is 0 Å². The molecule has 2 saturated heterocycles. The molecule has 4 unspecified atom stereocenters. The Morgan fingerprint density at radius 3 is 1.78 bits per heavy atom. The molecule has 2 fully saturated rings. The first kappa shape index (κ1) is 13.9. The number of carbonyl (C=O) groups excluding carboxylic acids is 1. The van der Waals surface area contributed by atoms with Gasteiger partial charge in [0.05, 0.1) is 25.4 Å². The predicted molar refractivity (Wildman–Crippen MR) is 64.0 cm³/mol. The van der Waals surface area contributed by atoms with Gasteiger partial charge in [0.2, 0.25) is 18.4 Å². The Balaban J connectivity index is 1.89. The van der Waals surface area contributed by atoms with E-state index in [4.69, 9.17) is 18.9 Å². The molecule has 0 spiro atoms. The van der Waals surface area contributed by atoms with Gasteiger partial charge in [-0.1, -0.05) is 13.8 Å². The van der Waals surface area contributed by atoms with Crippen LogP contribution in [0.4, 0.5) is 0 Å². The van der Waals surface area contributed by atoms with Crippen molar-refractivity contribution in [3.8, 4) is 0 Å². The van der Waals surface area contributed by atoms with E-state index in [9.17, 15) is 4.79 Å². The fourth-order valence-electron chi connectivity index (χ4n) is 2.19. The minimum atomic E-state index is -0.829. The molecule has 0 saturated carbocycles. The van der Waals surface area contributed by atoms with Gasteiger partial charge in [-0.2, -0.15) is 0 Å². The second kappa shape index (κ2) is 6.61. The van der Waals surface area contributed by atoms with Crippen LogP contribution in [0.1, 0.15) is 39.5 Å². The van der Waals surface area contributed by atoms with Gasteiger partial charge < -0.3 is 18.9 Å². The molecule has 2 rings (SSSR count). The van der Waals surface area contributed by atoms with Gasteiger partial charge in [0.1, 0.15) is 0 Å². The van der Waals surface area contributed by atoms with Crippen molar-refractivity contribution >= 4 is 5.78 Å². The second-order valence-corrected chi connectivity index (χ2v) is 4.72. The minimum absolute atomic E-state index is 0.0956. The number of hydrogen-bond donors (Lipinski definition) is 0. The first-order valence-corrected chi connectivity index (χ1v) is 6.82. The van der Waals surface area contributed by atoms with Crippen molar-refractivity contribution in [2.45, 2.75) is 64.3 Å². The van der Waals surface area contributed by atoms with Crippen LogP contribution in [-0.4, -0.2) is 43.8 Å². The molecule has 0 radical (unpaired) electrons. The molecule has 4 atom stereocenters. The van der Waals surface area contributed by atoms with Crippen LogP contribution in [-0.2, 0) is 23.7 Å². The maximum absolute atomic E-state index is 12.2.